The first-order valence-corrected chi connectivity index (χ1v) is 14.1. The van der Waals surface area contributed by atoms with Gasteiger partial charge in [-0.15, -0.1) is 11.3 Å². The van der Waals surface area contributed by atoms with Crippen molar-refractivity contribution in [2.24, 2.45) is 5.92 Å². The molecule has 0 spiro atoms. The number of benzene rings is 2. The first-order valence-electron chi connectivity index (χ1n) is 11.8. The van der Waals surface area contributed by atoms with Crippen LogP contribution in [0.3, 0.4) is 0 Å². The summed E-state index contributed by atoms with van der Waals surface area (Å²) in [6.45, 7) is 4.80. The average Bonchev–Trinajstić information content (AvgIpc) is 3.25. The molecule has 0 bridgehead atoms. The molecule has 1 unspecified atom stereocenters. The summed E-state index contributed by atoms with van der Waals surface area (Å²) in [4.78, 5) is 4.71. The van der Waals surface area contributed by atoms with E-state index < -0.39 is 10.0 Å². The molecule has 5 nitrogen and oxygen atoms in total. The Balaban J connectivity index is 1.44. The van der Waals surface area contributed by atoms with Gasteiger partial charge in [0.1, 0.15) is 0 Å². The van der Waals surface area contributed by atoms with Crippen molar-refractivity contribution >= 4 is 27.0 Å². The zero-order valence-corrected chi connectivity index (χ0v) is 21.0. The average molecular weight is 484 g/mol. The van der Waals surface area contributed by atoms with Crippen LogP contribution in [0, 0.1) is 12.8 Å². The second kappa shape index (κ2) is 10.8. The van der Waals surface area contributed by atoms with Crippen LogP contribution in [0.5, 0.6) is 0 Å². The molecule has 7 heteroatoms. The lowest BCUT2D eigenvalue weighted by molar-refractivity contribution is 0.305. The maximum Gasteiger partial charge on any atom is 0.261 e. The van der Waals surface area contributed by atoms with Crippen LogP contribution in [0.15, 0.2) is 58.8 Å². The molecule has 1 fully saturated rings. The van der Waals surface area contributed by atoms with Gasteiger partial charge >= 0.3 is 0 Å². The van der Waals surface area contributed by atoms with Gasteiger partial charge in [0.15, 0.2) is 0 Å². The molecule has 1 atom stereocenters. The molecule has 0 aliphatic heterocycles. The minimum atomic E-state index is -3.72. The van der Waals surface area contributed by atoms with E-state index in [1.54, 1.807) is 29.5 Å². The molecule has 33 heavy (non-hydrogen) atoms. The number of rotatable bonds is 9. The van der Waals surface area contributed by atoms with E-state index in [1.165, 1.54) is 38.5 Å². The van der Waals surface area contributed by atoms with Gasteiger partial charge in [0, 0.05) is 23.5 Å². The largest absolute Gasteiger partial charge is 0.310 e. The molecule has 3 aromatic rings. The Bertz CT molecular complexity index is 1170. The Hall–Kier alpha value is -2.22. The van der Waals surface area contributed by atoms with Crippen LogP contribution < -0.4 is 10.0 Å². The first-order chi connectivity index (χ1) is 15.9. The molecule has 1 aliphatic carbocycles. The molecule has 0 amide bonds. The van der Waals surface area contributed by atoms with E-state index in [2.05, 4.69) is 21.9 Å². The van der Waals surface area contributed by atoms with E-state index in [0.29, 0.717) is 18.3 Å². The number of nitrogens with zero attached hydrogens (tertiary/aromatic N) is 1. The number of hydrogen-bond donors (Lipinski definition) is 2. The molecular formula is C26H33N3O2S2. The highest BCUT2D eigenvalue weighted by Gasteiger charge is 2.19. The Labute approximate surface area is 201 Å². The lowest BCUT2D eigenvalue weighted by atomic mass is 9.85. The van der Waals surface area contributed by atoms with Crippen molar-refractivity contribution < 1.29 is 8.42 Å². The van der Waals surface area contributed by atoms with Crippen LogP contribution in [0.25, 0.3) is 11.3 Å². The molecule has 1 heterocycles. The van der Waals surface area contributed by atoms with E-state index in [0.717, 1.165) is 27.7 Å². The number of anilines is 1. The van der Waals surface area contributed by atoms with Gasteiger partial charge in [-0.2, -0.15) is 0 Å². The zero-order valence-electron chi connectivity index (χ0n) is 19.4. The van der Waals surface area contributed by atoms with Crippen molar-refractivity contribution in [1.29, 1.82) is 0 Å². The van der Waals surface area contributed by atoms with Crippen molar-refractivity contribution in [2.75, 3.05) is 4.72 Å². The van der Waals surface area contributed by atoms with E-state index in [1.807, 2.05) is 42.6 Å². The quantitative estimate of drug-likeness (QED) is 0.371. The van der Waals surface area contributed by atoms with Crippen molar-refractivity contribution in [3.8, 4) is 11.3 Å². The van der Waals surface area contributed by atoms with Gasteiger partial charge in [0.05, 0.1) is 21.3 Å². The number of hydrogen-bond acceptors (Lipinski definition) is 5. The maximum atomic E-state index is 13.2. The fourth-order valence-corrected chi connectivity index (χ4v) is 6.36. The summed E-state index contributed by atoms with van der Waals surface area (Å²) in [5.41, 5.74) is 3.16. The second-order valence-corrected chi connectivity index (χ2v) is 11.8. The lowest BCUT2D eigenvalue weighted by Crippen LogP contribution is -2.29. The van der Waals surface area contributed by atoms with E-state index in [9.17, 15) is 8.42 Å². The fraction of sp³-hybridized carbons (Fsp3) is 0.423. The van der Waals surface area contributed by atoms with Crippen LogP contribution in [-0.2, 0) is 16.6 Å². The molecule has 176 valence electrons. The molecule has 2 aromatic carbocycles. The van der Waals surface area contributed by atoms with Gasteiger partial charge < -0.3 is 5.32 Å². The number of aromatic nitrogens is 1. The van der Waals surface area contributed by atoms with Gasteiger partial charge in [-0.3, -0.25) is 4.72 Å². The fourth-order valence-electron chi connectivity index (χ4n) is 4.59. The summed E-state index contributed by atoms with van der Waals surface area (Å²) in [6, 6.07) is 15.0. The molecule has 1 aliphatic rings. The number of para-hydroxylation sites is 1. The highest BCUT2D eigenvalue weighted by atomic mass is 32.2. The number of thiazole rings is 1. The summed E-state index contributed by atoms with van der Waals surface area (Å²) in [6.07, 6.45) is 7.93. The van der Waals surface area contributed by atoms with Gasteiger partial charge in [-0.25, -0.2) is 13.4 Å². The summed E-state index contributed by atoms with van der Waals surface area (Å²) >= 11 is 1.55. The first kappa shape index (κ1) is 23.9. The topological polar surface area (TPSA) is 71.1 Å². The lowest BCUT2D eigenvalue weighted by Gasteiger charge is -2.25. The summed E-state index contributed by atoms with van der Waals surface area (Å²) in [5, 5.41) is 6.51. The Morgan fingerprint density at radius 1 is 1.09 bits per heavy atom. The predicted molar refractivity (Wildman–Crippen MR) is 137 cm³/mol. The van der Waals surface area contributed by atoms with Crippen molar-refractivity contribution in [2.45, 2.75) is 69.9 Å². The van der Waals surface area contributed by atoms with Crippen LogP contribution in [0.2, 0.25) is 0 Å². The van der Waals surface area contributed by atoms with Gasteiger partial charge in [-0.05, 0) is 49.9 Å². The molecule has 1 saturated carbocycles. The summed E-state index contributed by atoms with van der Waals surface area (Å²) < 4.78 is 29.2. The molecule has 2 N–H and O–H groups in total. The normalized spacial score (nSPS) is 15.9. The third-order valence-electron chi connectivity index (χ3n) is 6.37. The smallest absolute Gasteiger partial charge is 0.261 e. The molecule has 0 radical (unpaired) electrons. The van der Waals surface area contributed by atoms with Crippen LogP contribution in [0.1, 0.15) is 56.0 Å². The Morgan fingerprint density at radius 3 is 2.64 bits per heavy atom. The Morgan fingerprint density at radius 2 is 1.88 bits per heavy atom. The molecule has 1 aromatic heterocycles. The number of sulfonamides is 1. The standard InChI is InChI=1S/C26H33N3O2S2/c1-19(15-21-9-4-3-5-10-21)27-17-23-11-6-7-14-25(23)29-33(30,31)24-13-8-12-22(16-24)26-18-32-20(2)28-26/h6-8,11-14,16,18-19,21,27,29H,3-5,9-10,15,17H2,1-2H3. The predicted octanol–water partition coefficient (Wildman–Crippen LogP) is 6.37. The summed E-state index contributed by atoms with van der Waals surface area (Å²) in [5.74, 6) is 0.809. The van der Waals surface area contributed by atoms with Crippen LogP contribution in [-0.4, -0.2) is 19.4 Å². The summed E-state index contributed by atoms with van der Waals surface area (Å²) in [7, 11) is -3.72. The monoisotopic (exact) mass is 483 g/mol. The zero-order chi connectivity index (χ0) is 23.3. The van der Waals surface area contributed by atoms with Crippen LogP contribution in [0.4, 0.5) is 5.69 Å². The van der Waals surface area contributed by atoms with E-state index >= 15 is 0 Å². The van der Waals surface area contributed by atoms with Crippen molar-refractivity contribution in [3.05, 3.63) is 64.5 Å². The van der Waals surface area contributed by atoms with Crippen LogP contribution >= 0.6 is 11.3 Å². The maximum absolute atomic E-state index is 13.2. The highest BCUT2D eigenvalue weighted by molar-refractivity contribution is 7.92. The molecule has 4 rings (SSSR count). The van der Waals surface area contributed by atoms with Gasteiger partial charge in [0.2, 0.25) is 0 Å². The van der Waals surface area contributed by atoms with Crippen molar-refractivity contribution in [3.63, 3.8) is 0 Å². The third kappa shape index (κ3) is 6.43. The third-order valence-corrected chi connectivity index (χ3v) is 8.51. The van der Waals surface area contributed by atoms with Gasteiger partial charge in [0.25, 0.3) is 10.0 Å². The number of nitrogens with one attached hydrogen (secondary N) is 2. The second-order valence-electron chi connectivity index (χ2n) is 9.06. The minimum absolute atomic E-state index is 0.235. The molecule has 0 saturated heterocycles. The number of aryl methyl sites for hydroxylation is 1. The van der Waals surface area contributed by atoms with E-state index in [4.69, 9.17) is 0 Å². The molecular weight excluding hydrogens is 450 g/mol. The van der Waals surface area contributed by atoms with Gasteiger partial charge in [-0.1, -0.05) is 62.4 Å². The Kier molecular flexibility index (Phi) is 7.83. The van der Waals surface area contributed by atoms with E-state index in [-0.39, 0.29) is 4.90 Å². The SMILES string of the molecule is Cc1nc(-c2cccc(S(=O)(=O)Nc3ccccc3CNC(C)CC3CCCCC3)c2)cs1. The highest BCUT2D eigenvalue weighted by Crippen LogP contribution is 2.28. The van der Waals surface area contributed by atoms with Crippen molar-refractivity contribution in [1.82, 2.24) is 10.3 Å². The minimum Gasteiger partial charge on any atom is -0.310 e.